The lowest BCUT2D eigenvalue weighted by molar-refractivity contribution is 0.0729. The van der Waals surface area contributed by atoms with Crippen molar-refractivity contribution in [2.75, 3.05) is 44.8 Å². The molecule has 9 heteroatoms. The summed E-state index contributed by atoms with van der Waals surface area (Å²) in [7, 11) is -3.80. The predicted octanol–water partition coefficient (Wildman–Crippen LogP) is 3.15. The van der Waals surface area contributed by atoms with Crippen LogP contribution >= 0.6 is 0 Å². The van der Waals surface area contributed by atoms with E-state index in [0.29, 0.717) is 43.4 Å². The highest BCUT2D eigenvalue weighted by molar-refractivity contribution is 7.89. The Morgan fingerprint density at radius 2 is 1.87 bits per heavy atom. The maximum atomic E-state index is 13.2. The van der Waals surface area contributed by atoms with Crippen molar-refractivity contribution in [3.8, 4) is 11.5 Å². The fourth-order valence-electron chi connectivity index (χ4n) is 3.14. The number of rotatable bonds is 9. The molecule has 1 saturated heterocycles. The van der Waals surface area contributed by atoms with Gasteiger partial charge in [0, 0.05) is 24.3 Å². The monoisotopic (exact) mass is 448 g/mol. The molecule has 2 aromatic rings. The standard InChI is InChI=1S/C22H28N2O6S/c1-3-12-30-19-7-5-6-17(15-19)22(25)23-18-8-9-20(29-4-2)21(16-18)31(26,27)24-10-13-28-14-11-24/h5-9,15-16H,3-4,10-14H2,1-2H3,(H,23,25). The molecule has 31 heavy (non-hydrogen) atoms. The topological polar surface area (TPSA) is 94.2 Å². The van der Waals surface area contributed by atoms with Gasteiger partial charge in [0.15, 0.2) is 0 Å². The van der Waals surface area contributed by atoms with Gasteiger partial charge in [0.05, 0.1) is 26.4 Å². The Morgan fingerprint density at radius 1 is 1.10 bits per heavy atom. The van der Waals surface area contributed by atoms with Gasteiger partial charge in [-0.1, -0.05) is 13.0 Å². The molecule has 0 aliphatic carbocycles. The van der Waals surface area contributed by atoms with E-state index >= 15 is 0 Å². The van der Waals surface area contributed by atoms with E-state index in [-0.39, 0.29) is 29.6 Å². The summed E-state index contributed by atoms with van der Waals surface area (Å²) in [5.41, 5.74) is 0.778. The third kappa shape index (κ3) is 5.75. The Labute approximate surface area is 183 Å². The molecule has 1 heterocycles. The Hall–Kier alpha value is -2.62. The van der Waals surface area contributed by atoms with Crippen LogP contribution < -0.4 is 14.8 Å². The van der Waals surface area contributed by atoms with E-state index in [1.54, 1.807) is 43.3 Å². The second-order valence-electron chi connectivity index (χ2n) is 6.94. The van der Waals surface area contributed by atoms with Gasteiger partial charge >= 0.3 is 0 Å². The maximum Gasteiger partial charge on any atom is 0.255 e. The zero-order valence-electron chi connectivity index (χ0n) is 17.8. The molecule has 0 saturated carbocycles. The third-order valence-electron chi connectivity index (χ3n) is 4.66. The van der Waals surface area contributed by atoms with Crippen LogP contribution in [0.2, 0.25) is 0 Å². The highest BCUT2D eigenvalue weighted by Crippen LogP contribution is 2.31. The first-order chi connectivity index (χ1) is 15.0. The Balaban J connectivity index is 1.85. The quantitative estimate of drug-likeness (QED) is 0.633. The van der Waals surface area contributed by atoms with Crippen molar-refractivity contribution in [3.63, 3.8) is 0 Å². The van der Waals surface area contributed by atoms with E-state index in [0.717, 1.165) is 6.42 Å². The summed E-state index contributed by atoms with van der Waals surface area (Å²) >= 11 is 0. The van der Waals surface area contributed by atoms with Crippen LogP contribution in [-0.2, 0) is 14.8 Å². The molecule has 1 amide bonds. The lowest BCUT2D eigenvalue weighted by Crippen LogP contribution is -2.40. The van der Waals surface area contributed by atoms with Crippen LogP contribution in [-0.4, -0.2) is 58.1 Å². The normalized spacial score (nSPS) is 14.8. The van der Waals surface area contributed by atoms with E-state index < -0.39 is 10.0 Å². The van der Waals surface area contributed by atoms with Crippen LogP contribution in [0.15, 0.2) is 47.4 Å². The molecule has 1 fully saturated rings. The van der Waals surface area contributed by atoms with Crippen LogP contribution in [0.4, 0.5) is 5.69 Å². The van der Waals surface area contributed by atoms with Gasteiger partial charge in [0.25, 0.3) is 5.91 Å². The van der Waals surface area contributed by atoms with Gasteiger partial charge in [-0.2, -0.15) is 4.31 Å². The number of hydrogen-bond acceptors (Lipinski definition) is 6. The Kier molecular flexibility index (Phi) is 7.89. The number of carbonyl (C=O) groups is 1. The van der Waals surface area contributed by atoms with E-state index in [9.17, 15) is 13.2 Å². The third-order valence-corrected chi connectivity index (χ3v) is 6.58. The molecular formula is C22H28N2O6S. The summed E-state index contributed by atoms with van der Waals surface area (Å²) in [6.45, 7) is 5.91. The number of morpholine rings is 1. The lowest BCUT2D eigenvalue weighted by Gasteiger charge is -2.27. The van der Waals surface area contributed by atoms with E-state index in [2.05, 4.69) is 5.32 Å². The van der Waals surface area contributed by atoms with Gasteiger partial charge < -0.3 is 19.5 Å². The summed E-state index contributed by atoms with van der Waals surface area (Å²) in [6, 6.07) is 11.5. The van der Waals surface area contributed by atoms with Gasteiger partial charge in [-0.25, -0.2) is 8.42 Å². The average molecular weight is 449 g/mol. The molecule has 0 spiro atoms. The number of nitrogens with zero attached hydrogens (tertiary/aromatic N) is 1. The molecule has 1 N–H and O–H groups in total. The van der Waals surface area contributed by atoms with Crippen molar-refractivity contribution < 1.29 is 27.4 Å². The first-order valence-electron chi connectivity index (χ1n) is 10.3. The Morgan fingerprint density at radius 3 is 2.58 bits per heavy atom. The van der Waals surface area contributed by atoms with Crippen molar-refractivity contribution in [2.45, 2.75) is 25.2 Å². The molecule has 0 atom stereocenters. The molecule has 1 aliphatic heterocycles. The number of nitrogens with one attached hydrogen (secondary N) is 1. The summed E-state index contributed by atoms with van der Waals surface area (Å²) in [5, 5.41) is 2.77. The molecule has 1 aliphatic rings. The van der Waals surface area contributed by atoms with Crippen LogP contribution in [0.3, 0.4) is 0 Å². The van der Waals surface area contributed by atoms with E-state index in [1.165, 1.54) is 10.4 Å². The first kappa shape index (κ1) is 23.1. The predicted molar refractivity (Wildman–Crippen MR) is 117 cm³/mol. The molecule has 3 rings (SSSR count). The van der Waals surface area contributed by atoms with Crippen LogP contribution in [0.5, 0.6) is 11.5 Å². The Bertz CT molecular complexity index is 1000. The molecule has 0 aromatic heterocycles. The first-order valence-corrected chi connectivity index (χ1v) is 11.8. The van der Waals surface area contributed by atoms with Gasteiger partial charge in [0.2, 0.25) is 10.0 Å². The fraction of sp³-hybridized carbons (Fsp3) is 0.409. The molecule has 0 unspecified atom stereocenters. The van der Waals surface area contributed by atoms with Gasteiger partial charge in [0.1, 0.15) is 16.4 Å². The number of benzene rings is 2. The number of carbonyl (C=O) groups excluding carboxylic acids is 1. The summed E-state index contributed by atoms with van der Waals surface area (Å²) in [4.78, 5) is 12.8. The number of sulfonamides is 1. The molecule has 2 aromatic carbocycles. The van der Waals surface area contributed by atoms with Crippen molar-refractivity contribution in [1.82, 2.24) is 4.31 Å². The van der Waals surface area contributed by atoms with Crippen LogP contribution in [0.1, 0.15) is 30.6 Å². The van der Waals surface area contributed by atoms with Crippen molar-refractivity contribution in [2.24, 2.45) is 0 Å². The van der Waals surface area contributed by atoms with Crippen LogP contribution in [0.25, 0.3) is 0 Å². The molecule has 0 bridgehead atoms. The minimum atomic E-state index is -3.80. The number of hydrogen-bond donors (Lipinski definition) is 1. The largest absolute Gasteiger partial charge is 0.494 e. The zero-order chi connectivity index (χ0) is 22.3. The smallest absolute Gasteiger partial charge is 0.255 e. The number of amides is 1. The van der Waals surface area contributed by atoms with Crippen molar-refractivity contribution in [1.29, 1.82) is 0 Å². The fourth-order valence-corrected chi connectivity index (χ4v) is 4.70. The summed E-state index contributed by atoms with van der Waals surface area (Å²) in [5.74, 6) is 0.500. The van der Waals surface area contributed by atoms with E-state index in [1.807, 2.05) is 6.92 Å². The van der Waals surface area contributed by atoms with Gasteiger partial charge in [-0.05, 0) is 49.7 Å². The lowest BCUT2D eigenvalue weighted by atomic mass is 10.2. The zero-order valence-corrected chi connectivity index (χ0v) is 18.6. The second-order valence-corrected chi connectivity index (χ2v) is 8.85. The second kappa shape index (κ2) is 10.6. The van der Waals surface area contributed by atoms with Crippen molar-refractivity contribution >= 4 is 21.6 Å². The van der Waals surface area contributed by atoms with Crippen LogP contribution in [0, 0.1) is 0 Å². The number of ether oxygens (including phenoxy) is 3. The van der Waals surface area contributed by atoms with Gasteiger partial charge in [-0.3, -0.25) is 4.79 Å². The molecule has 8 nitrogen and oxygen atoms in total. The number of anilines is 1. The minimum absolute atomic E-state index is 0.0223. The SMILES string of the molecule is CCCOc1cccc(C(=O)Nc2ccc(OCC)c(S(=O)(=O)N3CCOCC3)c2)c1. The molecular weight excluding hydrogens is 420 g/mol. The summed E-state index contributed by atoms with van der Waals surface area (Å²) < 4.78 is 44.2. The minimum Gasteiger partial charge on any atom is -0.494 e. The highest BCUT2D eigenvalue weighted by Gasteiger charge is 2.29. The van der Waals surface area contributed by atoms with Crippen molar-refractivity contribution in [3.05, 3.63) is 48.0 Å². The maximum absolute atomic E-state index is 13.2. The molecule has 168 valence electrons. The molecule has 0 radical (unpaired) electrons. The average Bonchev–Trinajstić information content (AvgIpc) is 2.79. The highest BCUT2D eigenvalue weighted by atomic mass is 32.2. The van der Waals surface area contributed by atoms with E-state index in [4.69, 9.17) is 14.2 Å². The summed E-state index contributed by atoms with van der Waals surface area (Å²) in [6.07, 6.45) is 0.864. The van der Waals surface area contributed by atoms with Gasteiger partial charge in [-0.15, -0.1) is 0 Å².